The number of piperidine rings is 1. The normalized spacial score (nSPS) is 23.3. The van der Waals surface area contributed by atoms with Gasteiger partial charge in [-0.15, -0.1) is 0 Å². The summed E-state index contributed by atoms with van der Waals surface area (Å²) in [7, 11) is -3.81. The molecule has 0 spiro atoms. The van der Waals surface area contributed by atoms with E-state index in [4.69, 9.17) is 4.74 Å². The van der Waals surface area contributed by atoms with Gasteiger partial charge >= 0.3 is 0 Å². The van der Waals surface area contributed by atoms with Gasteiger partial charge in [0.05, 0.1) is 28.5 Å². The zero-order chi connectivity index (χ0) is 22.7. The topological polar surface area (TPSA) is 61.9 Å². The number of anilines is 2. The second-order valence-corrected chi connectivity index (χ2v) is 10.6. The Hall–Kier alpha value is -2.16. The van der Waals surface area contributed by atoms with Crippen LogP contribution in [0.2, 0.25) is 0 Å². The monoisotopic (exact) mass is 460 g/mol. The Morgan fingerprint density at radius 1 is 1.09 bits per heavy atom. The first kappa shape index (κ1) is 23.0. The van der Waals surface area contributed by atoms with Crippen LogP contribution in [-0.4, -0.2) is 58.2 Å². The quantitative estimate of drug-likeness (QED) is 0.711. The van der Waals surface area contributed by atoms with Crippen LogP contribution in [-0.2, 0) is 14.8 Å². The maximum absolute atomic E-state index is 14.9. The summed E-state index contributed by atoms with van der Waals surface area (Å²) in [4.78, 5) is 4.56. The van der Waals surface area contributed by atoms with Crippen molar-refractivity contribution in [3.8, 4) is 0 Å². The summed E-state index contributed by atoms with van der Waals surface area (Å²) in [5.74, 6) is 0.122. The Labute approximate surface area is 190 Å². The molecule has 2 fully saturated rings. The maximum atomic E-state index is 14.9. The molecule has 2 aliphatic rings. The second kappa shape index (κ2) is 9.77. The first-order valence-corrected chi connectivity index (χ1v) is 12.7. The van der Waals surface area contributed by atoms with Gasteiger partial charge in [0.2, 0.25) is 0 Å². The highest BCUT2D eigenvalue weighted by atomic mass is 32.2. The average Bonchev–Trinajstić information content (AvgIpc) is 2.74. The van der Waals surface area contributed by atoms with Crippen molar-refractivity contribution < 1.29 is 17.5 Å². The van der Waals surface area contributed by atoms with Gasteiger partial charge in [-0.05, 0) is 62.9 Å². The molecular weight excluding hydrogens is 429 g/mol. The van der Waals surface area contributed by atoms with E-state index < -0.39 is 15.8 Å². The smallest absolute Gasteiger partial charge is 0.261 e. The molecule has 4 rings (SSSR count). The molecule has 2 saturated heterocycles. The number of hydrogen-bond donors (Lipinski definition) is 1. The molecule has 0 bridgehead atoms. The van der Waals surface area contributed by atoms with E-state index in [1.807, 2.05) is 4.90 Å². The average molecular weight is 461 g/mol. The molecule has 6 nitrogen and oxygen atoms in total. The van der Waals surface area contributed by atoms with Crippen molar-refractivity contribution >= 4 is 21.4 Å². The van der Waals surface area contributed by atoms with Crippen LogP contribution in [0.1, 0.15) is 26.7 Å². The van der Waals surface area contributed by atoms with Crippen LogP contribution in [0.3, 0.4) is 0 Å². The number of nitrogens with one attached hydrogen (secondary N) is 1. The van der Waals surface area contributed by atoms with Crippen molar-refractivity contribution in [3.05, 3.63) is 54.3 Å². The highest BCUT2D eigenvalue weighted by Gasteiger charge is 2.29. The number of para-hydroxylation sites is 1. The molecule has 32 heavy (non-hydrogen) atoms. The maximum Gasteiger partial charge on any atom is 0.261 e. The van der Waals surface area contributed by atoms with Crippen LogP contribution in [0, 0.1) is 17.8 Å². The molecule has 2 aliphatic heterocycles. The standard InChI is InChI=1S/C24H31FN3O3S/c1-18-15-27(16-19(2)31-18)17-20-11-13-28(14-12-20)24-22(25)9-6-10-23(24)26-32(29,30)21-7-4-3-5-8-21/h4-10,18-20,26H,11-17H2,1-2H3. The zero-order valence-electron chi connectivity index (χ0n) is 18.6. The van der Waals surface area contributed by atoms with Crippen LogP contribution in [0.25, 0.3) is 0 Å². The molecule has 2 heterocycles. The Kier molecular flexibility index (Phi) is 7.02. The fourth-order valence-corrected chi connectivity index (χ4v) is 5.88. The summed E-state index contributed by atoms with van der Waals surface area (Å²) >= 11 is 0. The zero-order valence-corrected chi connectivity index (χ0v) is 19.4. The Bertz CT molecular complexity index is 1000. The van der Waals surface area contributed by atoms with Crippen LogP contribution in [0.4, 0.5) is 15.8 Å². The lowest BCUT2D eigenvalue weighted by atomic mass is 9.95. The number of nitrogens with zero attached hydrogens (tertiary/aromatic N) is 2. The molecule has 2 atom stereocenters. The molecule has 0 saturated carbocycles. The van der Waals surface area contributed by atoms with Crippen LogP contribution < -0.4 is 9.62 Å². The molecule has 2 aromatic rings. The number of halogens is 1. The lowest BCUT2D eigenvalue weighted by molar-refractivity contribution is -0.0720. The van der Waals surface area contributed by atoms with E-state index in [0.29, 0.717) is 24.7 Å². The Morgan fingerprint density at radius 2 is 1.75 bits per heavy atom. The highest BCUT2D eigenvalue weighted by Crippen LogP contribution is 2.34. The van der Waals surface area contributed by atoms with E-state index in [1.54, 1.807) is 18.2 Å². The van der Waals surface area contributed by atoms with E-state index in [0.717, 1.165) is 32.5 Å². The van der Waals surface area contributed by atoms with Gasteiger partial charge in [0, 0.05) is 32.7 Å². The molecule has 1 N–H and O–H groups in total. The number of ether oxygens (including phenoxy) is 1. The van der Waals surface area contributed by atoms with Gasteiger partial charge in [-0.1, -0.05) is 18.2 Å². The third-order valence-corrected chi connectivity index (χ3v) is 7.55. The predicted octanol–water partition coefficient (Wildman–Crippen LogP) is 3.75. The van der Waals surface area contributed by atoms with Crippen molar-refractivity contribution in [2.75, 3.05) is 42.3 Å². The van der Waals surface area contributed by atoms with E-state index in [1.165, 1.54) is 24.3 Å². The van der Waals surface area contributed by atoms with E-state index in [9.17, 15) is 12.8 Å². The molecule has 1 radical (unpaired) electrons. The molecular formula is C24H31FN3O3S. The van der Waals surface area contributed by atoms with Crippen molar-refractivity contribution in [2.45, 2.75) is 43.8 Å². The fourth-order valence-electron chi connectivity index (χ4n) is 4.81. The molecule has 0 aliphatic carbocycles. The summed E-state index contributed by atoms with van der Waals surface area (Å²) in [5.41, 5.74) is 0.595. The second-order valence-electron chi connectivity index (χ2n) is 8.88. The first-order chi connectivity index (χ1) is 15.3. The van der Waals surface area contributed by atoms with Gasteiger partial charge in [-0.3, -0.25) is 9.62 Å². The lowest BCUT2D eigenvalue weighted by Gasteiger charge is -2.40. The minimum Gasteiger partial charge on any atom is -0.373 e. The molecule has 2 aromatic carbocycles. The molecule has 2 unspecified atom stereocenters. The van der Waals surface area contributed by atoms with Crippen molar-refractivity contribution in [1.82, 2.24) is 4.90 Å². The molecule has 0 aromatic heterocycles. The predicted molar refractivity (Wildman–Crippen MR) is 124 cm³/mol. The Morgan fingerprint density at radius 3 is 2.41 bits per heavy atom. The molecule has 8 heteroatoms. The minimum absolute atomic E-state index is 0.124. The summed E-state index contributed by atoms with van der Waals surface area (Å²) in [6.45, 7) is 8.52. The highest BCUT2D eigenvalue weighted by molar-refractivity contribution is 7.92. The van der Waals surface area contributed by atoms with E-state index >= 15 is 0 Å². The third-order valence-electron chi connectivity index (χ3n) is 6.17. The van der Waals surface area contributed by atoms with E-state index in [2.05, 4.69) is 29.5 Å². The Balaban J connectivity index is 1.44. The number of benzene rings is 2. The first-order valence-electron chi connectivity index (χ1n) is 11.2. The number of hydrogen-bond acceptors (Lipinski definition) is 5. The van der Waals surface area contributed by atoms with Crippen LogP contribution in [0.15, 0.2) is 47.4 Å². The summed E-state index contributed by atoms with van der Waals surface area (Å²) in [6.07, 6.45) is 2.37. The minimum atomic E-state index is -3.81. The summed E-state index contributed by atoms with van der Waals surface area (Å²) < 4.78 is 48.9. The largest absolute Gasteiger partial charge is 0.373 e. The number of rotatable bonds is 6. The number of morpholine rings is 1. The summed E-state index contributed by atoms with van der Waals surface area (Å²) in [5, 5.41) is 0. The van der Waals surface area contributed by atoms with Gasteiger partial charge in [0.15, 0.2) is 0 Å². The van der Waals surface area contributed by atoms with Crippen molar-refractivity contribution in [2.24, 2.45) is 5.92 Å². The van der Waals surface area contributed by atoms with Gasteiger partial charge in [-0.25, -0.2) is 12.8 Å². The molecule has 173 valence electrons. The van der Waals surface area contributed by atoms with Crippen LogP contribution in [0.5, 0.6) is 0 Å². The fraction of sp³-hybridized carbons (Fsp3) is 0.500. The van der Waals surface area contributed by atoms with Crippen molar-refractivity contribution in [3.63, 3.8) is 0 Å². The molecule has 0 amide bonds. The van der Waals surface area contributed by atoms with Gasteiger partial charge in [0.25, 0.3) is 10.0 Å². The lowest BCUT2D eigenvalue weighted by Crippen LogP contribution is -2.48. The SMILES string of the molecule is CC1CN(CC2CCN(c3c(F)cccc3NS(=O)(=O)c3cc[c]cc3)CC2)CC(C)O1. The van der Waals surface area contributed by atoms with Gasteiger partial charge in [-0.2, -0.15) is 0 Å². The van der Waals surface area contributed by atoms with Gasteiger partial charge < -0.3 is 9.64 Å². The van der Waals surface area contributed by atoms with Crippen molar-refractivity contribution in [1.29, 1.82) is 0 Å². The third kappa shape index (κ3) is 5.42. The van der Waals surface area contributed by atoms with Crippen LogP contribution >= 0.6 is 0 Å². The van der Waals surface area contributed by atoms with E-state index in [-0.39, 0.29) is 22.8 Å². The number of sulfonamides is 1. The van der Waals surface area contributed by atoms with Gasteiger partial charge in [0.1, 0.15) is 5.82 Å². The summed E-state index contributed by atoms with van der Waals surface area (Å²) in [6, 6.07) is 13.4.